The third kappa shape index (κ3) is 3.43. The summed E-state index contributed by atoms with van der Waals surface area (Å²) in [6, 6.07) is 5.63. The number of alkyl halides is 3. The number of anilines is 3. The highest BCUT2D eigenvalue weighted by atomic mass is 19.4. The minimum absolute atomic E-state index is 0.00194. The van der Waals surface area contributed by atoms with Crippen LogP contribution in [-0.2, 0) is 10.9 Å². The fourth-order valence-electron chi connectivity index (χ4n) is 4.66. The predicted molar refractivity (Wildman–Crippen MR) is 107 cm³/mol. The summed E-state index contributed by atoms with van der Waals surface area (Å²) in [4.78, 5) is 21.9. The molecule has 1 saturated heterocycles. The van der Waals surface area contributed by atoms with Crippen LogP contribution < -0.4 is 10.6 Å². The van der Waals surface area contributed by atoms with Gasteiger partial charge in [0.2, 0.25) is 5.95 Å². The lowest BCUT2D eigenvalue weighted by Gasteiger charge is -2.28. The molecule has 1 aromatic carbocycles. The first kappa shape index (κ1) is 19.9. The van der Waals surface area contributed by atoms with Gasteiger partial charge in [0.05, 0.1) is 19.2 Å². The minimum Gasteiger partial charge on any atom is -0.453 e. The van der Waals surface area contributed by atoms with Gasteiger partial charge in [0.1, 0.15) is 11.4 Å². The zero-order chi connectivity index (χ0) is 21.8. The number of fused-ring (bicyclic) bond motifs is 5. The monoisotopic (exact) mass is 433 g/mol. The van der Waals surface area contributed by atoms with E-state index in [0.29, 0.717) is 5.69 Å². The summed E-state index contributed by atoms with van der Waals surface area (Å²) in [7, 11) is 1.37. The molecule has 2 aliphatic heterocycles. The second kappa shape index (κ2) is 7.28. The molecule has 2 atom stereocenters. The maximum Gasteiger partial charge on any atom is 0.421 e. The van der Waals surface area contributed by atoms with E-state index in [4.69, 9.17) is 4.74 Å². The van der Waals surface area contributed by atoms with Crippen LogP contribution in [0.4, 0.5) is 35.4 Å². The molecule has 5 rings (SSSR count). The molecule has 1 amide bonds. The molecule has 2 aromatic rings. The van der Waals surface area contributed by atoms with Crippen LogP contribution >= 0.6 is 0 Å². The van der Waals surface area contributed by atoms with Crippen molar-refractivity contribution < 1.29 is 22.7 Å². The molecule has 0 unspecified atom stereocenters. The molecule has 2 bridgehead atoms. The molecule has 31 heavy (non-hydrogen) atoms. The molecule has 164 valence electrons. The van der Waals surface area contributed by atoms with Gasteiger partial charge in [0, 0.05) is 17.9 Å². The highest BCUT2D eigenvalue weighted by molar-refractivity contribution is 5.72. The summed E-state index contributed by atoms with van der Waals surface area (Å²) in [5.74, 6) is -0.116. The number of methoxy groups -OCH3 is 1. The molecule has 2 fully saturated rings. The van der Waals surface area contributed by atoms with E-state index in [2.05, 4.69) is 20.6 Å². The molecule has 3 heterocycles. The first-order chi connectivity index (χ1) is 14.8. The second-order valence-corrected chi connectivity index (χ2v) is 8.18. The Labute approximate surface area is 177 Å². The molecule has 1 aromatic heterocycles. The minimum atomic E-state index is -4.53. The average Bonchev–Trinajstić information content (AvgIpc) is 3.26. The van der Waals surface area contributed by atoms with Crippen molar-refractivity contribution in [2.45, 2.75) is 56.4 Å². The fraction of sp³-hybridized carbons (Fsp3) is 0.476. The summed E-state index contributed by atoms with van der Waals surface area (Å²) < 4.78 is 45.0. The number of ether oxygens (including phenoxy) is 1. The van der Waals surface area contributed by atoms with Crippen LogP contribution in [0.3, 0.4) is 0 Å². The quantitative estimate of drug-likeness (QED) is 0.693. The zero-order valence-corrected chi connectivity index (χ0v) is 16.9. The Hall–Kier alpha value is -3.04. The number of carbonyl (C=O) groups excluding carboxylic acids is 1. The van der Waals surface area contributed by atoms with Crippen LogP contribution in [0.2, 0.25) is 0 Å². The Morgan fingerprint density at radius 2 is 1.90 bits per heavy atom. The lowest BCUT2D eigenvalue weighted by molar-refractivity contribution is -0.137. The number of hydrogen-bond donors (Lipinski definition) is 2. The summed E-state index contributed by atoms with van der Waals surface area (Å²) in [6.07, 6.45) is 0.313. The van der Waals surface area contributed by atoms with E-state index in [1.165, 1.54) is 7.11 Å². The van der Waals surface area contributed by atoms with E-state index in [-0.39, 0.29) is 36.0 Å². The van der Waals surface area contributed by atoms with E-state index in [1.54, 1.807) is 4.90 Å². The van der Waals surface area contributed by atoms with Crippen molar-refractivity contribution in [3.63, 3.8) is 0 Å². The van der Waals surface area contributed by atoms with Crippen LogP contribution in [0.1, 0.15) is 60.9 Å². The topological polar surface area (TPSA) is 79.4 Å². The van der Waals surface area contributed by atoms with Crippen LogP contribution in [-0.4, -0.2) is 34.1 Å². The Kier molecular flexibility index (Phi) is 4.67. The van der Waals surface area contributed by atoms with Gasteiger partial charge in [-0.15, -0.1) is 0 Å². The van der Waals surface area contributed by atoms with Crippen LogP contribution in [0.5, 0.6) is 0 Å². The predicted octanol–water partition coefficient (Wildman–Crippen LogP) is 5.16. The van der Waals surface area contributed by atoms with Crippen molar-refractivity contribution in [3.8, 4) is 0 Å². The molecule has 0 spiro atoms. The van der Waals surface area contributed by atoms with Gasteiger partial charge in [-0.3, -0.25) is 4.90 Å². The van der Waals surface area contributed by atoms with Crippen LogP contribution in [0, 0.1) is 0 Å². The number of halogens is 3. The lowest BCUT2D eigenvalue weighted by Crippen LogP contribution is -2.29. The number of hydrogen-bond acceptors (Lipinski definition) is 6. The van der Waals surface area contributed by atoms with E-state index in [0.717, 1.165) is 49.4 Å². The molecule has 1 aliphatic carbocycles. The van der Waals surface area contributed by atoms with Crippen molar-refractivity contribution in [3.05, 3.63) is 41.1 Å². The summed E-state index contributed by atoms with van der Waals surface area (Å²) in [5.41, 5.74) is 1.88. The molecular weight excluding hydrogens is 411 g/mol. The van der Waals surface area contributed by atoms with Gasteiger partial charge in [-0.1, -0.05) is 6.07 Å². The highest BCUT2D eigenvalue weighted by Gasteiger charge is 2.47. The van der Waals surface area contributed by atoms with Crippen molar-refractivity contribution in [2.24, 2.45) is 0 Å². The summed E-state index contributed by atoms with van der Waals surface area (Å²) in [5, 5.41) is 5.91. The normalized spacial score (nSPS) is 22.1. The van der Waals surface area contributed by atoms with Gasteiger partial charge < -0.3 is 15.4 Å². The van der Waals surface area contributed by atoms with Gasteiger partial charge in [-0.2, -0.15) is 18.2 Å². The lowest BCUT2D eigenvalue weighted by atomic mass is 9.91. The third-order valence-corrected chi connectivity index (χ3v) is 6.37. The molecule has 0 radical (unpaired) electrons. The number of amides is 1. The Balaban J connectivity index is 1.41. The van der Waals surface area contributed by atoms with Gasteiger partial charge in [-0.25, -0.2) is 9.78 Å². The third-order valence-electron chi connectivity index (χ3n) is 6.37. The van der Waals surface area contributed by atoms with Gasteiger partial charge in [-0.05, 0) is 55.4 Å². The second-order valence-electron chi connectivity index (χ2n) is 8.18. The van der Waals surface area contributed by atoms with Gasteiger partial charge >= 0.3 is 12.3 Å². The number of carbonyl (C=O) groups is 1. The molecule has 2 N–H and O–H groups in total. The Bertz CT molecular complexity index is 1020. The molecular formula is C21H22F3N5O2. The number of nitrogens with zero attached hydrogens (tertiary/aromatic N) is 3. The molecule has 10 heteroatoms. The maximum absolute atomic E-state index is 13.4. The summed E-state index contributed by atoms with van der Waals surface area (Å²) >= 11 is 0. The summed E-state index contributed by atoms with van der Waals surface area (Å²) in [6.45, 7) is 0. The van der Waals surface area contributed by atoms with Crippen molar-refractivity contribution in [2.75, 3.05) is 17.7 Å². The van der Waals surface area contributed by atoms with E-state index in [9.17, 15) is 18.0 Å². The smallest absolute Gasteiger partial charge is 0.421 e. The van der Waals surface area contributed by atoms with E-state index < -0.39 is 11.7 Å². The van der Waals surface area contributed by atoms with Gasteiger partial charge in [0.15, 0.2) is 0 Å². The largest absolute Gasteiger partial charge is 0.453 e. The highest BCUT2D eigenvalue weighted by Crippen LogP contribution is 2.53. The van der Waals surface area contributed by atoms with Crippen molar-refractivity contribution >= 4 is 23.5 Å². The Morgan fingerprint density at radius 1 is 1.16 bits per heavy atom. The van der Waals surface area contributed by atoms with E-state index >= 15 is 0 Å². The van der Waals surface area contributed by atoms with Crippen LogP contribution in [0.25, 0.3) is 0 Å². The molecule has 7 nitrogen and oxygen atoms in total. The fourth-order valence-corrected chi connectivity index (χ4v) is 4.66. The number of rotatable bonds is 4. The van der Waals surface area contributed by atoms with E-state index in [1.807, 2.05) is 18.2 Å². The van der Waals surface area contributed by atoms with Crippen LogP contribution in [0.15, 0.2) is 24.4 Å². The number of benzene rings is 1. The zero-order valence-electron chi connectivity index (χ0n) is 16.9. The first-order valence-corrected chi connectivity index (χ1v) is 10.3. The Morgan fingerprint density at radius 3 is 2.55 bits per heavy atom. The maximum atomic E-state index is 13.4. The number of nitrogens with one attached hydrogen (secondary N) is 2. The number of aromatic nitrogens is 2. The van der Waals surface area contributed by atoms with Crippen molar-refractivity contribution in [1.82, 2.24) is 14.9 Å². The standard InChI is InChI=1S/C21H22F3N5O2/c1-31-20(30)29-16-7-8-17(29)14-9-12(5-6-13(14)16)27-19-25-10-15(21(22,23)24)18(28-19)26-11-3-2-4-11/h5-6,9-11,16-17H,2-4,7-8H2,1H3,(H2,25,26,27,28)/t16-,17+/m1/s1. The van der Waals surface area contributed by atoms with Crippen molar-refractivity contribution in [1.29, 1.82) is 0 Å². The molecule has 1 saturated carbocycles. The SMILES string of the molecule is COC(=O)N1[C@@H]2CC[C@H]1c1cc(Nc3ncc(C(F)(F)F)c(NC4CCC4)n3)ccc12. The molecule has 3 aliphatic rings. The van der Waals surface area contributed by atoms with Gasteiger partial charge in [0.25, 0.3) is 0 Å². The average molecular weight is 433 g/mol. The first-order valence-electron chi connectivity index (χ1n) is 10.3.